The normalized spacial score (nSPS) is 12.9. The summed E-state index contributed by atoms with van der Waals surface area (Å²) >= 11 is 0. The number of amides is 1. The predicted octanol–water partition coefficient (Wildman–Crippen LogP) is 2.38. The van der Waals surface area contributed by atoms with Crippen LogP contribution in [0.1, 0.15) is 29.9 Å². The van der Waals surface area contributed by atoms with Crippen LogP contribution in [0.2, 0.25) is 0 Å². The number of nitrogens with one attached hydrogen (secondary N) is 1. The van der Waals surface area contributed by atoms with Crippen molar-refractivity contribution in [3.63, 3.8) is 0 Å². The fourth-order valence-corrected chi connectivity index (χ4v) is 1.26. The summed E-state index contributed by atoms with van der Waals surface area (Å²) in [7, 11) is 0. The third-order valence-electron chi connectivity index (χ3n) is 2.42. The fraction of sp³-hybridized carbons (Fsp3) is 0.417. The second kappa shape index (κ2) is 5.69. The second-order valence-electron chi connectivity index (χ2n) is 4.25. The van der Waals surface area contributed by atoms with Crippen molar-refractivity contribution in [1.82, 2.24) is 10.3 Å². The van der Waals surface area contributed by atoms with Crippen molar-refractivity contribution in [2.45, 2.75) is 26.1 Å². The Morgan fingerprint density at radius 3 is 2.42 bits per heavy atom. The Labute approximate surface area is 108 Å². The fourth-order valence-electron chi connectivity index (χ4n) is 1.26. The third-order valence-corrected chi connectivity index (χ3v) is 2.42. The highest BCUT2D eigenvalue weighted by Gasteiger charge is 2.31. The molecule has 1 heterocycles. The number of alkyl halides is 3. The number of nitriles is 1. The third kappa shape index (κ3) is 3.95. The molecule has 7 heteroatoms. The van der Waals surface area contributed by atoms with Crippen LogP contribution in [0.15, 0.2) is 18.3 Å². The van der Waals surface area contributed by atoms with E-state index < -0.39 is 23.7 Å². The maximum absolute atomic E-state index is 12.3. The van der Waals surface area contributed by atoms with E-state index in [-0.39, 0.29) is 11.6 Å². The zero-order valence-corrected chi connectivity index (χ0v) is 10.3. The lowest BCUT2D eigenvalue weighted by Crippen LogP contribution is -2.37. The minimum atomic E-state index is -4.49. The first-order valence-corrected chi connectivity index (χ1v) is 5.49. The van der Waals surface area contributed by atoms with Crippen molar-refractivity contribution in [1.29, 1.82) is 5.26 Å². The van der Waals surface area contributed by atoms with Crippen LogP contribution in [0, 0.1) is 17.2 Å². The summed E-state index contributed by atoms with van der Waals surface area (Å²) in [5.74, 6) is -0.780. The van der Waals surface area contributed by atoms with Gasteiger partial charge in [-0.15, -0.1) is 0 Å². The summed E-state index contributed by atoms with van der Waals surface area (Å²) in [6.07, 6.45) is -3.90. The minimum Gasteiger partial charge on any atom is -0.335 e. The van der Waals surface area contributed by atoms with Crippen LogP contribution in [-0.2, 0) is 6.18 Å². The standard InChI is InChI=1S/C12H12F3N3O/c1-7(2)10(5-16)18-11(19)9-4-3-8(6-17-9)12(13,14)15/h3-4,6-7,10H,1-2H3,(H,18,19). The molecule has 0 aliphatic carbocycles. The lowest BCUT2D eigenvalue weighted by atomic mass is 10.1. The number of carbonyl (C=O) groups is 1. The van der Waals surface area contributed by atoms with E-state index in [9.17, 15) is 18.0 Å². The van der Waals surface area contributed by atoms with E-state index in [1.165, 1.54) is 0 Å². The molecule has 0 saturated carbocycles. The summed E-state index contributed by atoms with van der Waals surface area (Å²) < 4.78 is 36.9. The first kappa shape index (κ1) is 15.0. The maximum atomic E-state index is 12.3. The number of aromatic nitrogens is 1. The molecule has 0 aliphatic rings. The van der Waals surface area contributed by atoms with Gasteiger partial charge in [-0.1, -0.05) is 13.8 Å². The summed E-state index contributed by atoms with van der Waals surface area (Å²) in [5.41, 5.74) is -1.08. The van der Waals surface area contributed by atoms with Gasteiger partial charge in [0.2, 0.25) is 0 Å². The van der Waals surface area contributed by atoms with Crippen molar-refractivity contribution in [3.05, 3.63) is 29.6 Å². The van der Waals surface area contributed by atoms with Gasteiger partial charge in [-0.2, -0.15) is 18.4 Å². The SMILES string of the molecule is CC(C)C(C#N)NC(=O)c1ccc(C(F)(F)F)cn1. The van der Waals surface area contributed by atoms with Crippen molar-refractivity contribution in [2.24, 2.45) is 5.92 Å². The molecule has 0 radical (unpaired) electrons. The lowest BCUT2D eigenvalue weighted by Gasteiger charge is -2.14. The Morgan fingerprint density at radius 1 is 1.42 bits per heavy atom. The van der Waals surface area contributed by atoms with Gasteiger partial charge in [0.15, 0.2) is 0 Å². The molecule has 0 aromatic carbocycles. The zero-order chi connectivity index (χ0) is 14.6. The Bertz CT molecular complexity index is 488. The van der Waals surface area contributed by atoms with E-state index in [0.29, 0.717) is 6.20 Å². The monoisotopic (exact) mass is 271 g/mol. The molecule has 0 fully saturated rings. The summed E-state index contributed by atoms with van der Waals surface area (Å²) in [6, 6.07) is 2.94. The number of rotatable bonds is 3. The molecule has 0 spiro atoms. The van der Waals surface area contributed by atoms with Gasteiger partial charge in [0.05, 0.1) is 11.6 Å². The van der Waals surface area contributed by atoms with Crippen LogP contribution in [0.3, 0.4) is 0 Å². The molecule has 102 valence electrons. The smallest absolute Gasteiger partial charge is 0.335 e. The topological polar surface area (TPSA) is 65.8 Å². The summed E-state index contributed by atoms with van der Waals surface area (Å²) in [4.78, 5) is 15.1. The number of carbonyl (C=O) groups excluding carboxylic acids is 1. The highest BCUT2D eigenvalue weighted by atomic mass is 19.4. The van der Waals surface area contributed by atoms with Gasteiger partial charge < -0.3 is 5.32 Å². The number of nitrogens with zero attached hydrogens (tertiary/aromatic N) is 2. The van der Waals surface area contributed by atoms with Gasteiger partial charge in [-0.05, 0) is 18.1 Å². The van der Waals surface area contributed by atoms with Crippen molar-refractivity contribution in [3.8, 4) is 6.07 Å². The van der Waals surface area contributed by atoms with Crippen LogP contribution >= 0.6 is 0 Å². The lowest BCUT2D eigenvalue weighted by molar-refractivity contribution is -0.137. The molecule has 1 rings (SSSR count). The molecule has 4 nitrogen and oxygen atoms in total. The van der Waals surface area contributed by atoms with Crippen LogP contribution < -0.4 is 5.32 Å². The van der Waals surface area contributed by atoms with E-state index in [4.69, 9.17) is 5.26 Å². The van der Waals surface area contributed by atoms with E-state index in [0.717, 1.165) is 12.1 Å². The molecule has 1 aromatic rings. The molecule has 19 heavy (non-hydrogen) atoms. The number of pyridine rings is 1. The Morgan fingerprint density at radius 2 is 2.05 bits per heavy atom. The first-order valence-electron chi connectivity index (χ1n) is 5.49. The summed E-state index contributed by atoms with van der Waals surface area (Å²) in [6.45, 7) is 3.49. The van der Waals surface area contributed by atoms with E-state index in [1.807, 2.05) is 6.07 Å². The van der Waals surface area contributed by atoms with Gasteiger partial charge in [0.1, 0.15) is 11.7 Å². The molecule has 1 N–H and O–H groups in total. The molecule has 0 bridgehead atoms. The quantitative estimate of drug-likeness (QED) is 0.917. The van der Waals surface area contributed by atoms with Gasteiger partial charge in [0, 0.05) is 6.20 Å². The second-order valence-corrected chi connectivity index (χ2v) is 4.25. The zero-order valence-electron chi connectivity index (χ0n) is 10.3. The molecule has 0 saturated heterocycles. The van der Waals surface area contributed by atoms with Crippen molar-refractivity contribution >= 4 is 5.91 Å². The van der Waals surface area contributed by atoms with Crippen LogP contribution in [0.25, 0.3) is 0 Å². The molecule has 0 aliphatic heterocycles. The molecule has 1 amide bonds. The highest BCUT2D eigenvalue weighted by Crippen LogP contribution is 2.28. The predicted molar refractivity (Wildman–Crippen MR) is 60.9 cm³/mol. The van der Waals surface area contributed by atoms with Gasteiger partial charge in [-0.25, -0.2) is 0 Å². The van der Waals surface area contributed by atoms with Crippen molar-refractivity contribution < 1.29 is 18.0 Å². The molecular weight excluding hydrogens is 259 g/mol. The average Bonchev–Trinajstić information content (AvgIpc) is 2.34. The Kier molecular flexibility index (Phi) is 4.48. The summed E-state index contributed by atoms with van der Waals surface area (Å²) in [5, 5.41) is 11.2. The molecular formula is C12H12F3N3O. The number of hydrogen-bond donors (Lipinski definition) is 1. The Hall–Kier alpha value is -2.10. The molecule has 1 aromatic heterocycles. The van der Waals surface area contributed by atoms with Crippen molar-refractivity contribution in [2.75, 3.05) is 0 Å². The van der Waals surface area contributed by atoms with Crippen LogP contribution in [0.4, 0.5) is 13.2 Å². The Balaban J connectivity index is 2.82. The largest absolute Gasteiger partial charge is 0.417 e. The van der Waals surface area contributed by atoms with Crippen LogP contribution in [-0.4, -0.2) is 16.9 Å². The highest BCUT2D eigenvalue weighted by molar-refractivity contribution is 5.92. The van der Waals surface area contributed by atoms with Gasteiger partial charge in [0.25, 0.3) is 5.91 Å². The van der Waals surface area contributed by atoms with Gasteiger partial charge >= 0.3 is 6.18 Å². The molecule has 1 atom stereocenters. The number of halogens is 3. The minimum absolute atomic E-state index is 0.108. The van der Waals surface area contributed by atoms with Crippen LogP contribution in [0.5, 0.6) is 0 Å². The molecule has 1 unspecified atom stereocenters. The number of hydrogen-bond acceptors (Lipinski definition) is 3. The van der Waals surface area contributed by atoms with E-state index in [1.54, 1.807) is 13.8 Å². The average molecular weight is 271 g/mol. The first-order chi connectivity index (χ1) is 8.75. The van der Waals surface area contributed by atoms with E-state index >= 15 is 0 Å². The maximum Gasteiger partial charge on any atom is 0.417 e. The van der Waals surface area contributed by atoms with E-state index in [2.05, 4.69) is 10.3 Å². The van der Waals surface area contributed by atoms with Gasteiger partial charge in [-0.3, -0.25) is 9.78 Å².